The quantitative estimate of drug-likeness (QED) is 0.593. The molecule has 0 aliphatic heterocycles. The molecule has 126 valence electrons. The maximum Gasteiger partial charge on any atom is 0.236 e. The zero-order chi connectivity index (χ0) is 16.6. The maximum absolute atomic E-state index is 12.9. The molecule has 1 fully saturated rings. The molecule has 4 atom stereocenters. The second kappa shape index (κ2) is 6.67. The number of thioether (sulfide) groups is 1. The number of aromatic nitrogens is 3. The minimum Gasteiger partial charge on any atom is -0.339 e. The molecule has 0 radical (unpaired) electrons. The highest BCUT2D eigenvalue weighted by Gasteiger charge is 2.38. The number of nitrogens with zero attached hydrogens (tertiary/aromatic N) is 4. The minimum absolute atomic E-state index is 0.144. The summed E-state index contributed by atoms with van der Waals surface area (Å²) in [4.78, 5) is 15.0. The maximum atomic E-state index is 12.9. The van der Waals surface area contributed by atoms with Crippen molar-refractivity contribution in [3.63, 3.8) is 0 Å². The highest BCUT2D eigenvalue weighted by atomic mass is 32.2. The van der Waals surface area contributed by atoms with E-state index in [1.165, 1.54) is 24.6 Å². The summed E-state index contributed by atoms with van der Waals surface area (Å²) >= 11 is 1.49. The van der Waals surface area contributed by atoms with Crippen LogP contribution < -0.4 is 0 Å². The Kier molecular flexibility index (Phi) is 4.80. The van der Waals surface area contributed by atoms with E-state index in [1.54, 1.807) is 6.33 Å². The first-order valence-electron chi connectivity index (χ1n) is 8.45. The summed E-state index contributed by atoms with van der Waals surface area (Å²) < 4.78 is 1.86. The van der Waals surface area contributed by atoms with Crippen molar-refractivity contribution >= 4 is 17.7 Å². The minimum atomic E-state index is -0.144. The third kappa shape index (κ3) is 3.47. The number of rotatable bonds is 6. The molecule has 23 heavy (non-hydrogen) atoms. The van der Waals surface area contributed by atoms with E-state index in [4.69, 9.17) is 0 Å². The van der Waals surface area contributed by atoms with E-state index in [-0.39, 0.29) is 17.2 Å². The number of hydrogen-bond acceptors (Lipinski definition) is 4. The largest absolute Gasteiger partial charge is 0.339 e. The molecule has 1 saturated carbocycles. The Morgan fingerprint density at radius 1 is 1.39 bits per heavy atom. The highest BCUT2D eigenvalue weighted by Crippen LogP contribution is 2.44. The molecular formula is C17H26N4OS. The zero-order valence-corrected chi connectivity index (χ0v) is 15.2. The first-order valence-corrected chi connectivity index (χ1v) is 9.33. The van der Waals surface area contributed by atoms with Gasteiger partial charge in [-0.2, -0.15) is 0 Å². The molecule has 3 rings (SSSR count). The normalized spacial score (nSPS) is 26.9. The van der Waals surface area contributed by atoms with E-state index < -0.39 is 0 Å². The number of amides is 1. The summed E-state index contributed by atoms with van der Waals surface area (Å²) in [5, 5.41) is 8.60. The number of aryl methyl sites for hydroxylation is 1. The summed E-state index contributed by atoms with van der Waals surface area (Å²) in [6.07, 6.45) is 8.91. The molecule has 5 nitrogen and oxygen atoms in total. The van der Waals surface area contributed by atoms with Crippen LogP contribution in [0.25, 0.3) is 0 Å². The van der Waals surface area contributed by atoms with Crippen LogP contribution in [0.15, 0.2) is 23.6 Å². The average molecular weight is 334 g/mol. The molecule has 1 aromatic heterocycles. The van der Waals surface area contributed by atoms with E-state index in [9.17, 15) is 4.79 Å². The van der Waals surface area contributed by atoms with Gasteiger partial charge in [0.1, 0.15) is 6.33 Å². The fourth-order valence-corrected chi connectivity index (χ4v) is 4.59. The second-order valence-corrected chi connectivity index (χ2v) is 8.42. The smallest absolute Gasteiger partial charge is 0.236 e. The molecule has 0 saturated heterocycles. The molecule has 1 amide bonds. The summed E-state index contributed by atoms with van der Waals surface area (Å²) in [5.74, 6) is 2.26. The molecule has 2 aliphatic carbocycles. The Hall–Kier alpha value is -1.30. The van der Waals surface area contributed by atoms with Crippen LogP contribution in [0.1, 0.15) is 33.6 Å². The van der Waals surface area contributed by atoms with Gasteiger partial charge in [0.15, 0.2) is 5.16 Å². The summed E-state index contributed by atoms with van der Waals surface area (Å²) in [7, 11) is 1.90. The Morgan fingerprint density at radius 3 is 2.70 bits per heavy atom. The Labute approximate surface area is 142 Å². The lowest BCUT2D eigenvalue weighted by atomic mass is 9.92. The van der Waals surface area contributed by atoms with Crippen molar-refractivity contribution < 1.29 is 4.79 Å². The van der Waals surface area contributed by atoms with Crippen LogP contribution >= 0.6 is 11.8 Å². The average Bonchev–Trinajstić information content (AvgIpc) is 3.21. The van der Waals surface area contributed by atoms with Gasteiger partial charge in [-0.25, -0.2) is 0 Å². The van der Waals surface area contributed by atoms with Crippen LogP contribution in [0, 0.1) is 17.8 Å². The van der Waals surface area contributed by atoms with Crippen LogP contribution in [0.4, 0.5) is 0 Å². The molecule has 2 bridgehead atoms. The van der Waals surface area contributed by atoms with E-state index in [0.717, 1.165) is 17.6 Å². The molecular weight excluding hydrogens is 308 g/mol. The van der Waals surface area contributed by atoms with Gasteiger partial charge in [-0.1, -0.05) is 23.9 Å². The number of carbonyl (C=O) groups is 1. The van der Waals surface area contributed by atoms with Crippen molar-refractivity contribution in [2.45, 2.75) is 50.1 Å². The van der Waals surface area contributed by atoms with Gasteiger partial charge in [-0.15, -0.1) is 10.2 Å². The van der Waals surface area contributed by atoms with Crippen molar-refractivity contribution in [2.24, 2.45) is 24.8 Å². The van der Waals surface area contributed by atoms with Crippen molar-refractivity contribution in [3.8, 4) is 0 Å². The second-order valence-electron chi connectivity index (χ2n) is 7.11. The SMILES string of the molecule is CC(Sc1nncn1C)C(=O)N(CC1CC2C=CC1C2)C(C)C. The van der Waals surface area contributed by atoms with E-state index in [0.29, 0.717) is 11.8 Å². The molecule has 1 aromatic rings. The number of fused-ring (bicyclic) bond motifs is 2. The lowest BCUT2D eigenvalue weighted by Gasteiger charge is -2.33. The van der Waals surface area contributed by atoms with Gasteiger partial charge in [0, 0.05) is 19.6 Å². The van der Waals surface area contributed by atoms with Gasteiger partial charge in [0.25, 0.3) is 0 Å². The monoisotopic (exact) mass is 334 g/mol. The van der Waals surface area contributed by atoms with Gasteiger partial charge in [0.05, 0.1) is 5.25 Å². The summed E-state index contributed by atoms with van der Waals surface area (Å²) in [5.41, 5.74) is 0. The van der Waals surface area contributed by atoms with Gasteiger partial charge in [-0.3, -0.25) is 4.79 Å². The van der Waals surface area contributed by atoms with Crippen LogP contribution in [0.5, 0.6) is 0 Å². The van der Waals surface area contributed by atoms with E-state index >= 15 is 0 Å². The van der Waals surface area contributed by atoms with Gasteiger partial charge >= 0.3 is 0 Å². The number of carbonyl (C=O) groups excluding carboxylic acids is 1. The molecule has 6 heteroatoms. The van der Waals surface area contributed by atoms with Crippen molar-refractivity contribution in [1.82, 2.24) is 19.7 Å². The lowest BCUT2D eigenvalue weighted by Crippen LogP contribution is -2.44. The van der Waals surface area contributed by atoms with Crippen molar-refractivity contribution in [2.75, 3.05) is 6.54 Å². The first-order chi connectivity index (χ1) is 11.0. The predicted molar refractivity (Wildman–Crippen MR) is 92.0 cm³/mol. The van der Waals surface area contributed by atoms with Crippen molar-refractivity contribution in [1.29, 1.82) is 0 Å². The summed E-state index contributed by atoms with van der Waals surface area (Å²) in [6.45, 7) is 7.07. The van der Waals surface area contributed by atoms with Crippen molar-refractivity contribution in [3.05, 3.63) is 18.5 Å². The van der Waals surface area contributed by atoms with E-state index in [1.807, 2.05) is 18.5 Å². The van der Waals surface area contributed by atoms with Crippen LogP contribution in [-0.4, -0.2) is 43.4 Å². The molecule has 4 unspecified atom stereocenters. The van der Waals surface area contributed by atoms with Gasteiger partial charge in [-0.05, 0) is 51.4 Å². The van der Waals surface area contributed by atoms with E-state index in [2.05, 4.69) is 41.1 Å². The number of allylic oxidation sites excluding steroid dienone is 2. The first kappa shape index (κ1) is 16.6. The summed E-state index contributed by atoms with van der Waals surface area (Å²) in [6, 6.07) is 0.230. The molecule has 0 spiro atoms. The van der Waals surface area contributed by atoms with Gasteiger partial charge < -0.3 is 9.47 Å². The fourth-order valence-electron chi connectivity index (χ4n) is 3.73. The molecule has 0 N–H and O–H groups in total. The zero-order valence-electron chi connectivity index (χ0n) is 14.3. The third-order valence-electron chi connectivity index (χ3n) is 5.05. The van der Waals surface area contributed by atoms with Gasteiger partial charge in [0.2, 0.25) is 5.91 Å². The van der Waals surface area contributed by atoms with Crippen LogP contribution in [0.2, 0.25) is 0 Å². The lowest BCUT2D eigenvalue weighted by molar-refractivity contribution is -0.132. The fraction of sp³-hybridized carbons (Fsp3) is 0.706. The number of hydrogen-bond donors (Lipinski definition) is 0. The van der Waals surface area contributed by atoms with Crippen LogP contribution in [0.3, 0.4) is 0 Å². The molecule has 0 aromatic carbocycles. The Bertz CT molecular complexity index is 597. The topological polar surface area (TPSA) is 51.0 Å². The Balaban J connectivity index is 1.64. The third-order valence-corrected chi connectivity index (χ3v) is 6.19. The molecule has 1 heterocycles. The highest BCUT2D eigenvalue weighted by molar-refractivity contribution is 8.00. The standard InChI is InChI=1S/C17H26N4OS/c1-11(2)21(9-15-8-13-5-6-14(15)7-13)16(22)12(3)23-17-19-18-10-20(17)4/h5-6,10-15H,7-9H2,1-4H3. The van der Waals surface area contributed by atoms with Crippen LogP contribution in [-0.2, 0) is 11.8 Å². The predicted octanol–water partition coefficient (Wildman–Crippen LogP) is 2.74. The Morgan fingerprint density at radius 2 is 2.17 bits per heavy atom. The molecule has 2 aliphatic rings.